The number of hydrogen-bond donors (Lipinski definition) is 2. The third kappa shape index (κ3) is 4.98. The number of amides is 1. The van der Waals surface area contributed by atoms with Crippen molar-refractivity contribution in [3.63, 3.8) is 0 Å². The van der Waals surface area contributed by atoms with Crippen molar-refractivity contribution >= 4 is 11.6 Å². The van der Waals surface area contributed by atoms with E-state index in [2.05, 4.69) is 10.5 Å². The molecule has 0 radical (unpaired) electrons. The monoisotopic (exact) mass is 374 g/mol. The molecule has 2 rings (SSSR count). The number of carbonyl (C=O) groups is 1. The smallest absolute Gasteiger partial charge is 0.281 e. The number of nitrogens with one attached hydrogen (secondary N) is 1. The molecule has 0 heterocycles. The summed E-state index contributed by atoms with van der Waals surface area (Å²) in [5, 5.41) is 15.4. The molecule has 0 aliphatic carbocycles. The molecule has 0 atom stereocenters. The van der Waals surface area contributed by atoms with Crippen LogP contribution in [-0.4, -0.2) is 16.7 Å². The molecular formula is C21H24F2N2O2. The van der Waals surface area contributed by atoms with E-state index in [1.165, 1.54) is 24.3 Å². The number of carbonyl (C=O) groups excluding carboxylic acids is 1. The lowest BCUT2D eigenvalue weighted by atomic mass is 9.85. The van der Waals surface area contributed by atoms with Crippen LogP contribution in [0.2, 0.25) is 0 Å². The van der Waals surface area contributed by atoms with Gasteiger partial charge in [-0.1, -0.05) is 51.0 Å². The van der Waals surface area contributed by atoms with Crippen LogP contribution in [0, 0.1) is 11.6 Å². The molecule has 0 aromatic heterocycles. The van der Waals surface area contributed by atoms with Crippen molar-refractivity contribution < 1.29 is 18.7 Å². The summed E-state index contributed by atoms with van der Waals surface area (Å²) in [6.07, 6.45) is 3.24. The number of rotatable bonds is 8. The van der Waals surface area contributed by atoms with Gasteiger partial charge in [0.25, 0.3) is 5.91 Å². The fourth-order valence-electron chi connectivity index (χ4n) is 2.84. The van der Waals surface area contributed by atoms with Gasteiger partial charge in [-0.05, 0) is 48.2 Å². The summed E-state index contributed by atoms with van der Waals surface area (Å²) in [7, 11) is 0. The number of aliphatic hydroxyl groups is 1. The maximum absolute atomic E-state index is 13.3. The molecule has 144 valence electrons. The Morgan fingerprint density at radius 1 is 0.926 bits per heavy atom. The van der Waals surface area contributed by atoms with Gasteiger partial charge in [-0.3, -0.25) is 4.79 Å². The van der Waals surface area contributed by atoms with E-state index in [4.69, 9.17) is 0 Å². The third-order valence-corrected chi connectivity index (χ3v) is 4.25. The van der Waals surface area contributed by atoms with Crippen LogP contribution in [0.3, 0.4) is 0 Å². The standard InChI is InChI=1S/C21H24F2N2O2/c1-3-5-19(6-4-2)24-25-20(26)21(27,15-7-11-17(22)12-8-15)16-9-13-18(23)14-10-16/h7-14,27H,3-6H2,1-2H3,(H,25,26). The van der Waals surface area contributed by atoms with Gasteiger partial charge >= 0.3 is 0 Å². The maximum Gasteiger partial charge on any atom is 0.281 e. The Balaban J connectivity index is 2.42. The number of hydrogen-bond acceptors (Lipinski definition) is 3. The molecule has 0 bridgehead atoms. The average molecular weight is 374 g/mol. The lowest BCUT2D eigenvalue weighted by Gasteiger charge is -2.27. The van der Waals surface area contributed by atoms with E-state index < -0.39 is 23.1 Å². The fraction of sp³-hybridized carbons (Fsp3) is 0.333. The van der Waals surface area contributed by atoms with Crippen LogP contribution >= 0.6 is 0 Å². The molecule has 2 N–H and O–H groups in total. The number of halogens is 2. The molecule has 0 saturated carbocycles. The van der Waals surface area contributed by atoms with Gasteiger partial charge in [0.1, 0.15) is 11.6 Å². The van der Waals surface area contributed by atoms with Crippen molar-refractivity contribution in [3.05, 3.63) is 71.3 Å². The summed E-state index contributed by atoms with van der Waals surface area (Å²) in [6.45, 7) is 4.03. The molecule has 0 aliphatic rings. The molecule has 27 heavy (non-hydrogen) atoms. The second kappa shape index (κ2) is 9.37. The van der Waals surface area contributed by atoms with Crippen molar-refractivity contribution in [2.24, 2.45) is 5.10 Å². The van der Waals surface area contributed by atoms with E-state index in [-0.39, 0.29) is 11.1 Å². The van der Waals surface area contributed by atoms with Gasteiger partial charge < -0.3 is 5.11 Å². The Morgan fingerprint density at radius 3 is 1.70 bits per heavy atom. The second-order valence-electron chi connectivity index (χ2n) is 6.34. The molecule has 6 heteroatoms. The van der Waals surface area contributed by atoms with Crippen LogP contribution in [0.4, 0.5) is 8.78 Å². The number of hydrazone groups is 1. The first-order chi connectivity index (χ1) is 12.9. The Kier molecular flexibility index (Phi) is 7.19. The molecule has 4 nitrogen and oxygen atoms in total. The van der Waals surface area contributed by atoms with Gasteiger partial charge in [-0.15, -0.1) is 0 Å². The first-order valence-electron chi connectivity index (χ1n) is 9.02. The van der Waals surface area contributed by atoms with Gasteiger partial charge in [0.2, 0.25) is 0 Å². The zero-order chi connectivity index (χ0) is 19.9. The SMILES string of the molecule is CCCC(CCC)=NNC(=O)C(O)(c1ccc(F)cc1)c1ccc(F)cc1. The minimum absolute atomic E-state index is 0.163. The normalized spacial score (nSPS) is 11.1. The molecule has 0 aliphatic heterocycles. The Bertz CT molecular complexity index is 733. The van der Waals surface area contributed by atoms with Crippen LogP contribution < -0.4 is 5.43 Å². The Hall–Kier alpha value is -2.60. The summed E-state index contributed by atoms with van der Waals surface area (Å²) in [6, 6.07) is 9.89. The minimum atomic E-state index is -2.13. The van der Waals surface area contributed by atoms with Crippen molar-refractivity contribution in [2.75, 3.05) is 0 Å². The predicted octanol–water partition coefficient (Wildman–Crippen LogP) is 4.27. The molecule has 0 saturated heterocycles. The molecular weight excluding hydrogens is 350 g/mol. The van der Waals surface area contributed by atoms with E-state index in [1.54, 1.807) is 0 Å². The number of benzene rings is 2. The van der Waals surface area contributed by atoms with Gasteiger partial charge in [-0.2, -0.15) is 5.10 Å². The highest BCUT2D eigenvalue weighted by molar-refractivity contribution is 5.92. The molecule has 0 unspecified atom stereocenters. The van der Waals surface area contributed by atoms with Crippen molar-refractivity contribution in [1.29, 1.82) is 0 Å². The zero-order valence-corrected chi connectivity index (χ0v) is 15.5. The van der Waals surface area contributed by atoms with E-state index in [0.717, 1.165) is 55.7 Å². The molecule has 2 aromatic carbocycles. The van der Waals surface area contributed by atoms with Crippen molar-refractivity contribution in [2.45, 2.75) is 45.1 Å². The van der Waals surface area contributed by atoms with Crippen LogP contribution in [0.15, 0.2) is 53.6 Å². The molecule has 1 amide bonds. The first kappa shape index (κ1) is 20.7. The summed E-state index contributed by atoms with van der Waals surface area (Å²) in [5.74, 6) is -1.77. The minimum Gasteiger partial charge on any atom is -0.372 e. The van der Waals surface area contributed by atoms with Crippen LogP contribution in [0.25, 0.3) is 0 Å². The highest BCUT2D eigenvalue weighted by atomic mass is 19.1. The third-order valence-electron chi connectivity index (χ3n) is 4.25. The lowest BCUT2D eigenvalue weighted by Crippen LogP contribution is -2.44. The predicted molar refractivity (Wildman–Crippen MR) is 101 cm³/mol. The van der Waals surface area contributed by atoms with E-state index >= 15 is 0 Å². The van der Waals surface area contributed by atoms with Crippen LogP contribution in [0.1, 0.15) is 50.7 Å². The van der Waals surface area contributed by atoms with Crippen LogP contribution in [0.5, 0.6) is 0 Å². The van der Waals surface area contributed by atoms with Gasteiger partial charge in [0.15, 0.2) is 5.60 Å². The molecule has 0 spiro atoms. The highest BCUT2D eigenvalue weighted by Gasteiger charge is 2.40. The summed E-state index contributed by atoms with van der Waals surface area (Å²) in [4.78, 5) is 12.9. The van der Waals surface area contributed by atoms with Crippen molar-refractivity contribution in [1.82, 2.24) is 5.43 Å². The Morgan fingerprint density at radius 2 is 1.33 bits per heavy atom. The van der Waals surface area contributed by atoms with E-state index in [9.17, 15) is 18.7 Å². The molecule has 0 fully saturated rings. The average Bonchev–Trinajstić information content (AvgIpc) is 2.66. The fourth-order valence-corrected chi connectivity index (χ4v) is 2.84. The molecule has 2 aromatic rings. The van der Waals surface area contributed by atoms with Gasteiger partial charge in [0.05, 0.1) is 0 Å². The largest absolute Gasteiger partial charge is 0.372 e. The van der Waals surface area contributed by atoms with Gasteiger partial charge in [-0.25, -0.2) is 14.2 Å². The number of nitrogens with zero attached hydrogens (tertiary/aromatic N) is 1. The maximum atomic E-state index is 13.3. The highest BCUT2D eigenvalue weighted by Crippen LogP contribution is 2.30. The summed E-state index contributed by atoms with van der Waals surface area (Å²) < 4.78 is 26.6. The second-order valence-corrected chi connectivity index (χ2v) is 6.34. The van der Waals surface area contributed by atoms with E-state index in [0.29, 0.717) is 0 Å². The first-order valence-corrected chi connectivity index (χ1v) is 9.02. The Labute approximate surface area is 157 Å². The van der Waals surface area contributed by atoms with Gasteiger partial charge in [0, 0.05) is 5.71 Å². The summed E-state index contributed by atoms with van der Waals surface area (Å²) >= 11 is 0. The lowest BCUT2D eigenvalue weighted by molar-refractivity contribution is -0.136. The quantitative estimate of drug-likeness (QED) is 0.535. The van der Waals surface area contributed by atoms with Crippen molar-refractivity contribution in [3.8, 4) is 0 Å². The zero-order valence-electron chi connectivity index (χ0n) is 15.5. The topological polar surface area (TPSA) is 61.7 Å². The van der Waals surface area contributed by atoms with Crippen LogP contribution in [-0.2, 0) is 10.4 Å². The van der Waals surface area contributed by atoms with E-state index in [1.807, 2.05) is 13.8 Å². The summed E-state index contributed by atoms with van der Waals surface area (Å²) in [5.41, 5.74) is 1.45.